The molecule has 0 N–H and O–H groups in total. The molecule has 0 aliphatic carbocycles. The van der Waals surface area contributed by atoms with Gasteiger partial charge in [0.1, 0.15) is 23.9 Å². The van der Waals surface area contributed by atoms with Gasteiger partial charge in [-0.15, -0.1) is 0 Å². The maximum atomic E-state index is 11.4. The molecule has 0 unspecified atom stereocenters. The number of hydrogen-bond acceptors (Lipinski definition) is 4. The second-order valence-corrected chi connectivity index (χ2v) is 3.90. The van der Waals surface area contributed by atoms with E-state index >= 15 is 0 Å². The minimum absolute atomic E-state index is 0.0628. The molecule has 4 heteroatoms. The molecule has 0 saturated carbocycles. The zero-order valence-electron chi connectivity index (χ0n) is 9.56. The molecule has 0 aliphatic heterocycles. The average molecular weight is 224 g/mol. The number of Topliss-reactive ketones (excluding diaryl/α,β-unsaturated/α-hetero) is 1. The van der Waals surface area contributed by atoms with Crippen molar-refractivity contribution in [3.63, 3.8) is 0 Å². The molecule has 0 spiro atoms. The number of hydrogen-bond donors (Lipinski definition) is 0. The Morgan fingerprint density at radius 3 is 2.75 bits per heavy atom. The largest absolute Gasteiger partial charge is 0.462 e. The first-order valence-electron chi connectivity index (χ1n) is 5.29. The molecule has 0 aliphatic rings. The summed E-state index contributed by atoms with van der Waals surface area (Å²) < 4.78 is 9.94. The molecule has 1 aromatic rings. The molecule has 0 saturated heterocycles. The summed E-state index contributed by atoms with van der Waals surface area (Å²) in [6.07, 6.45) is 1.08. The van der Waals surface area contributed by atoms with Crippen LogP contribution in [0, 0.1) is 5.92 Å². The summed E-state index contributed by atoms with van der Waals surface area (Å²) in [5, 5.41) is 0. The zero-order valence-corrected chi connectivity index (χ0v) is 9.56. The topological polar surface area (TPSA) is 56.5 Å². The monoisotopic (exact) mass is 224 g/mol. The maximum Gasteiger partial charge on any atom is 0.293 e. The Labute approximate surface area is 94.6 Å². The first kappa shape index (κ1) is 12.5. The number of carbonyl (C=O) groups excluding carboxylic acids is 2. The van der Waals surface area contributed by atoms with Gasteiger partial charge in [0.05, 0.1) is 0 Å². The smallest absolute Gasteiger partial charge is 0.293 e. The van der Waals surface area contributed by atoms with E-state index in [4.69, 9.17) is 4.42 Å². The van der Waals surface area contributed by atoms with Crippen molar-refractivity contribution >= 4 is 12.3 Å². The van der Waals surface area contributed by atoms with Crippen molar-refractivity contribution in [2.75, 3.05) is 0 Å². The van der Waals surface area contributed by atoms with Crippen LogP contribution >= 0.6 is 0 Å². The second kappa shape index (κ2) is 6.10. The van der Waals surface area contributed by atoms with Gasteiger partial charge < -0.3 is 9.15 Å². The first-order valence-corrected chi connectivity index (χ1v) is 5.29. The van der Waals surface area contributed by atoms with Crippen molar-refractivity contribution in [1.29, 1.82) is 0 Å². The summed E-state index contributed by atoms with van der Waals surface area (Å²) in [4.78, 5) is 21.3. The Balaban J connectivity index is 2.40. The Morgan fingerprint density at radius 2 is 2.12 bits per heavy atom. The van der Waals surface area contributed by atoms with Gasteiger partial charge in [-0.2, -0.15) is 0 Å². The highest BCUT2D eigenvalue weighted by atomic mass is 16.5. The van der Waals surface area contributed by atoms with E-state index in [2.05, 4.69) is 4.74 Å². The molecule has 4 nitrogen and oxygen atoms in total. The molecule has 0 bridgehead atoms. The SMILES string of the molecule is CC(C)C(=O)CCc1ccc(COC=O)o1. The lowest BCUT2D eigenvalue weighted by Gasteiger charge is -2.01. The molecule has 0 aromatic carbocycles. The van der Waals surface area contributed by atoms with E-state index in [9.17, 15) is 9.59 Å². The third-order valence-corrected chi connectivity index (χ3v) is 2.27. The predicted molar refractivity (Wildman–Crippen MR) is 57.7 cm³/mol. The molecular formula is C12H16O4. The van der Waals surface area contributed by atoms with Crippen LogP contribution in [0.2, 0.25) is 0 Å². The van der Waals surface area contributed by atoms with Gasteiger partial charge in [-0.1, -0.05) is 13.8 Å². The fraction of sp³-hybridized carbons (Fsp3) is 0.500. The van der Waals surface area contributed by atoms with Gasteiger partial charge in [0.25, 0.3) is 6.47 Å². The number of ether oxygens (including phenoxy) is 1. The van der Waals surface area contributed by atoms with Gasteiger partial charge >= 0.3 is 0 Å². The molecule has 0 radical (unpaired) electrons. The molecule has 0 atom stereocenters. The summed E-state index contributed by atoms with van der Waals surface area (Å²) in [7, 11) is 0. The van der Waals surface area contributed by atoms with Crippen LogP contribution in [-0.2, 0) is 27.4 Å². The summed E-state index contributed by atoms with van der Waals surface area (Å²) in [5.74, 6) is 1.63. The van der Waals surface area contributed by atoms with Crippen LogP contribution < -0.4 is 0 Å². The lowest BCUT2D eigenvalue weighted by atomic mass is 10.0. The number of furan rings is 1. The van der Waals surface area contributed by atoms with E-state index in [1.54, 1.807) is 12.1 Å². The van der Waals surface area contributed by atoms with E-state index in [1.165, 1.54) is 0 Å². The molecule has 1 rings (SSSR count). The highest BCUT2D eigenvalue weighted by Gasteiger charge is 2.09. The Kier molecular flexibility index (Phi) is 4.76. The van der Waals surface area contributed by atoms with Crippen molar-refractivity contribution in [3.05, 3.63) is 23.7 Å². The zero-order chi connectivity index (χ0) is 12.0. The fourth-order valence-electron chi connectivity index (χ4n) is 1.29. The first-order chi connectivity index (χ1) is 7.63. The molecule has 16 heavy (non-hydrogen) atoms. The van der Waals surface area contributed by atoms with Crippen molar-refractivity contribution in [2.24, 2.45) is 5.92 Å². The summed E-state index contributed by atoms with van der Waals surface area (Å²) in [6.45, 7) is 4.29. The molecule has 0 amide bonds. The van der Waals surface area contributed by atoms with Crippen LogP contribution in [0.4, 0.5) is 0 Å². The average Bonchev–Trinajstić information content (AvgIpc) is 2.70. The van der Waals surface area contributed by atoms with Gasteiger partial charge in [0.15, 0.2) is 0 Å². The summed E-state index contributed by atoms with van der Waals surface area (Å²) in [6, 6.07) is 3.55. The van der Waals surface area contributed by atoms with Crippen molar-refractivity contribution in [3.8, 4) is 0 Å². The third-order valence-electron chi connectivity index (χ3n) is 2.27. The second-order valence-electron chi connectivity index (χ2n) is 3.90. The Morgan fingerprint density at radius 1 is 1.44 bits per heavy atom. The highest BCUT2D eigenvalue weighted by molar-refractivity contribution is 5.80. The highest BCUT2D eigenvalue weighted by Crippen LogP contribution is 2.12. The van der Waals surface area contributed by atoms with Crippen LogP contribution in [0.5, 0.6) is 0 Å². The van der Waals surface area contributed by atoms with Crippen molar-refractivity contribution in [1.82, 2.24) is 0 Å². The predicted octanol–water partition coefficient (Wildman–Crippen LogP) is 2.11. The Bertz CT molecular complexity index is 352. The lowest BCUT2D eigenvalue weighted by molar-refractivity contribution is -0.130. The third kappa shape index (κ3) is 3.88. The number of aryl methyl sites for hydroxylation is 1. The van der Waals surface area contributed by atoms with Gasteiger partial charge in [-0.05, 0) is 12.1 Å². The number of carbonyl (C=O) groups is 2. The van der Waals surface area contributed by atoms with Crippen LogP contribution in [-0.4, -0.2) is 12.3 Å². The van der Waals surface area contributed by atoms with E-state index in [1.807, 2.05) is 13.8 Å². The molecule has 88 valence electrons. The van der Waals surface area contributed by atoms with Crippen molar-refractivity contribution in [2.45, 2.75) is 33.3 Å². The van der Waals surface area contributed by atoms with Crippen molar-refractivity contribution < 1.29 is 18.7 Å². The van der Waals surface area contributed by atoms with Gasteiger partial charge in [-0.25, -0.2) is 0 Å². The maximum absolute atomic E-state index is 11.4. The van der Waals surface area contributed by atoms with Crippen LogP contribution in [0.15, 0.2) is 16.5 Å². The normalized spacial score (nSPS) is 10.4. The van der Waals surface area contributed by atoms with E-state index in [0.717, 1.165) is 5.76 Å². The summed E-state index contributed by atoms with van der Waals surface area (Å²) >= 11 is 0. The minimum atomic E-state index is 0.0628. The van der Waals surface area contributed by atoms with Gasteiger partial charge in [0.2, 0.25) is 0 Å². The van der Waals surface area contributed by atoms with E-state index in [0.29, 0.717) is 25.1 Å². The van der Waals surface area contributed by atoms with E-state index in [-0.39, 0.29) is 18.3 Å². The summed E-state index contributed by atoms with van der Waals surface area (Å²) in [5.41, 5.74) is 0. The van der Waals surface area contributed by atoms with Crippen LogP contribution in [0.3, 0.4) is 0 Å². The molecule has 0 fully saturated rings. The van der Waals surface area contributed by atoms with Gasteiger partial charge in [-0.3, -0.25) is 9.59 Å². The molecule has 1 aromatic heterocycles. The Hall–Kier alpha value is -1.58. The fourth-order valence-corrected chi connectivity index (χ4v) is 1.29. The number of ketones is 1. The molecule has 1 heterocycles. The van der Waals surface area contributed by atoms with Gasteiger partial charge in [0, 0.05) is 18.8 Å². The standard InChI is InChI=1S/C12H16O4/c1-9(2)12(14)6-5-10-3-4-11(16-10)7-15-8-13/h3-4,8-9H,5-7H2,1-2H3. The van der Waals surface area contributed by atoms with Crippen LogP contribution in [0.1, 0.15) is 31.8 Å². The van der Waals surface area contributed by atoms with E-state index < -0.39 is 0 Å². The van der Waals surface area contributed by atoms with Crippen LogP contribution in [0.25, 0.3) is 0 Å². The quantitative estimate of drug-likeness (QED) is 0.665. The number of rotatable bonds is 7. The lowest BCUT2D eigenvalue weighted by Crippen LogP contribution is -2.07. The molecular weight excluding hydrogens is 208 g/mol. The minimum Gasteiger partial charge on any atom is -0.462 e.